The number of pyridine rings is 1. The predicted molar refractivity (Wildman–Crippen MR) is 56.0 cm³/mol. The topological polar surface area (TPSA) is 12.9 Å². The molecule has 13 heavy (non-hydrogen) atoms. The number of hydrogen-bond donors (Lipinski definition) is 0. The highest BCUT2D eigenvalue weighted by Crippen LogP contribution is 2.17. The van der Waals surface area contributed by atoms with Gasteiger partial charge in [-0.25, -0.2) is 0 Å². The van der Waals surface area contributed by atoms with Crippen molar-refractivity contribution in [3.63, 3.8) is 0 Å². The van der Waals surface area contributed by atoms with Crippen LogP contribution in [-0.4, -0.2) is 4.98 Å². The van der Waals surface area contributed by atoms with Gasteiger partial charge in [0.05, 0.1) is 17.1 Å². The van der Waals surface area contributed by atoms with E-state index in [9.17, 15) is 0 Å². The van der Waals surface area contributed by atoms with Crippen LogP contribution in [0, 0.1) is 6.92 Å². The molecule has 0 saturated carbocycles. The Bertz CT molecular complexity index is 437. The van der Waals surface area contributed by atoms with Gasteiger partial charge in [0.1, 0.15) is 0 Å². The lowest BCUT2D eigenvalue weighted by Crippen LogP contribution is -1.89. The average molecular weight is 192 g/mol. The summed E-state index contributed by atoms with van der Waals surface area (Å²) in [6.07, 6.45) is 0. The van der Waals surface area contributed by atoms with Crippen molar-refractivity contribution < 1.29 is 0 Å². The molecule has 0 N–H and O–H groups in total. The number of alkyl halides is 1. The Labute approximate surface area is 82.4 Å². The van der Waals surface area contributed by atoms with Gasteiger partial charge in [0.15, 0.2) is 0 Å². The first-order valence-electron chi connectivity index (χ1n) is 4.22. The van der Waals surface area contributed by atoms with E-state index in [2.05, 4.69) is 18.0 Å². The Kier molecular flexibility index (Phi) is 2.19. The van der Waals surface area contributed by atoms with Crippen LogP contribution in [0.15, 0.2) is 30.3 Å². The van der Waals surface area contributed by atoms with Gasteiger partial charge in [-0.05, 0) is 24.6 Å². The van der Waals surface area contributed by atoms with Gasteiger partial charge in [-0.2, -0.15) is 0 Å². The van der Waals surface area contributed by atoms with E-state index in [0.717, 1.165) is 11.2 Å². The zero-order valence-corrected chi connectivity index (χ0v) is 8.17. The van der Waals surface area contributed by atoms with E-state index >= 15 is 0 Å². The maximum absolute atomic E-state index is 5.74. The molecule has 0 amide bonds. The molecule has 0 aliphatic rings. The fourth-order valence-electron chi connectivity index (χ4n) is 1.49. The van der Waals surface area contributed by atoms with Gasteiger partial charge >= 0.3 is 0 Å². The average Bonchev–Trinajstić information content (AvgIpc) is 2.18. The van der Waals surface area contributed by atoms with Gasteiger partial charge < -0.3 is 0 Å². The van der Waals surface area contributed by atoms with Crippen LogP contribution in [0.1, 0.15) is 11.3 Å². The van der Waals surface area contributed by atoms with E-state index < -0.39 is 0 Å². The van der Waals surface area contributed by atoms with Crippen LogP contribution in [0.25, 0.3) is 10.9 Å². The molecule has 1 aromatic carbocycles. The SMILES string of the molecule is Cc1cc(CCl)nc2ccccc12. The molecule has 66 valence electrons. The van der Waals surface area contributed by atoms with E-state index in [-0.39, 0.29) is 0 Å². The molecule has 0 atom stereocenters. The van der Waals surface area contributed by atoms with Gasteiger partial charge in [-0.3, -0.25) is 4.98 Å². The van der Waals surface area contributed by atoms with E-state index in [4.69, 9.17) is 11.6 Å². The van der Waals surface area contributed by atoms with Crippen LogP contribution in [0.5, 0.6) is 0 Å². The van der Waals surface area contributed by atoms with Crippen molar-refractivity contribution in [1.82, 2.24) is 4.98 Å². The Morgan fingerprint density at radius 3 is 2.85 bits per heavy atom. The van der Waals surface area contributed by atoms with Crippen molar-refractivity contribution in [2.45, 2.75) is 12.8 Å². The molecule has 0 aliphatic heterocycles. The Balaban J connectivity index is 2.77. The van der Waals surface area contributed by atoms with Crippen LogP contribution in [0.3, 0.4) is 0 Å². The molecule has 1 heterocycles. The molecule has 1 aromatic heterocycles. The molecule has 0 bridgehead atoms. The van der Waals surface area contributed by atoms with Crippen LogP contribution >= 0.6 is 11.6 Å². The van der Waals surface area contributed by atoms with E-state index in [0.29, 0.717) is 5.88 Å². The summed E-state index contributed by atoms with van der Waals surface area (Å²) in [4.78, 5) is 4.42. The molecule has 2 aromatic rings. The molecular weight excluding hydrogens is 182 g/mol. The first kappa shape index (κ1) is 8.52. The summed E-state index contributed by atoms with van der Waals surface area (Å²) in [6.45, 7) is 2.08. The highest BCUT2D eigenvalue weighted by molar-refractivity contribution is 6.17. The van der Waals surface area contributed by atoms with Crippen LogP contribution in [0.2, 0.25) is 0 Å². The Morgan fingerprint density at radius 2 is 2.08 bits per heavy atom. The zero-order valence-electron chi connectivity index (χ0n) is 7.42. The monoisotopic (exact) mass is 191 g/mol. The second kappa shape index (κ2) is 3.35. The Hall–Kier alpha value is -1.08. The summed E-state index contributed by atoms with van der Waals surface area (Å²) >= 11 is 5.74. The summed E-state index contributed by atoms with van der Waals surface area (Å²) < 4.78 is 0. The molecule has 0 radical (unpaired) electrons. The maximum Gasteiger partial charge on any atom is 0.0708 e. The lowest BCUT2D eigenvalue weighted by molar-refractivity contribution is 1.20. The Morgan fingerprint density at radius 1 is 1.31 bits per heavy atom. The lowest BCUT2D eigenvalue weighted by Gasteiger charge is -2.03. The van der Waals surface area contributed by atoms with E-state index in [1.54, 1.807) is 0 Å². The molecule has 1 nitrogen and oxygen atoms in total. The number of aryl methyl sites for hydroxylation is 1. The van der Waals surface area contributed by atoms with Crippen molar-refractivity contribution in [1.29, 1.82) is 0 Å². The number of aromatic nitrogens is 1. The number of fused-ring (bicyclic) bond motifs is 1. The van der Waals surface area contributed by atoms with Crippen molar-refractivity contribution in [2.24, 2.45) is 0 Å². The fraction of sp³-hybridized carbons (Fsp3) is 0.182. The smallest absolute Gasteiger partial charge is 0.0708 e. The first-order chi connectivity index (χ1) is 6.31. The molecule has 2 rings (SSSR count). The fourth-order valence-corrected chi connectivity index (χ4v) is 1.62. The minimum Gasteiger partial charge on any atom is -0.252 e. The normalized spacial score (nSPS) is 10.6. The predicted octanol–water partition coefficient (Wildman–Crippen LogP) is 3.28. The summed E-state index contributed by atoms with van der Waals surface area (Å²) in [6, 6.07) is 10.1. The number of halogens is 1. The summed E-state index contributed by atoms with van der Waals surface area (Å²) in [5.41, 5.74) is 3.21. The minimum absolute atomic E-state index is 0.478. The van der Waals surface area contributed by atoms with Gasteiger partial charge in [0.25, 0.3) is 0 Å². The van der Waals surface area contributed by atoms with E-state index in [1.165, 1.54) is 10.9 Å². The third-order valence-corrected chi connectivity index (χ3v) is 2.39. The van der Waals surface area contributed by atoms with Gasteiger partial charge in [-0.1, -0.05) is 18.2 Å². The lowest BCUT2D eigenvalue weighted by atomic mass is 10.1. The number of benzene rings is 1. The third kappa shape index (κ3) is 1.52. The van der Waals surface area contributed by atoms with Crippen LogP contribution in [0.4, 0.5) is 0 Å². The summed E-state index contributed by atoms with van der Waals surface area (Å²) in [5, 5.41) is 1.20. The van der Waals surface area contributed by atoms with Gasteiger partial charge in [0.2, 0.25) is 0 Å². The number of para-hydroxylation sites is 1. The maximum atomic E-state index is 5.74. The molecular formula is C11H10ClN. The highest BCUT2D eigenvalue weighted by Gasteiger charge is 2.00. The quantitative estimate of drug-likeness (QED) is 0.631. The summed E-state index contributed by atoms with van der Waals surface area (Å²) in [7, 11) is 0. The minimum atomic E-state index is 0.478. The van der Waals surface area contributed by atoms with Crippen LogP contribution in [-0.2, 0) is 5.88 Å². The van der Waals surface area contributed by atoms with Crippen molar-refractivity contribution in [3.8, 4) is 0 Å². The van der Waals surface area contributed by atoms with E-state index in [1.807, 2.05) is 24.3 Å². The van der Waals surface area contributed by atoms with Crippen molar-refractivity contribution >= 4 is 22.5 Å². The van der Waals surface area contributed by atoms with Gasteiger partial charge in [0, 0.05) is 5.39 Å². The van der Waals surface area contributed by atoms with Crippen molar-refractivity contribution in [2.75, 3.05) is 0 Å². The third-order valence-electron chi connectivity index (χ3n) is 2.11. The largest absolute Gasteiger partial charge is 0.252 e. The number of nitrogens with zero attached hydrogens (tertiary/aromatic N) is 1. The molecule has 0 spiro atoms. The standard InChI is InChI=1S/C11H10ClN/c1-8-6-9(7-12)13-11-5-3-2-4-10(8)11/h2-6H,7H2,1H3. The number of rotatable bonds is 1. The zero-order chi connectivity index (χ0) is 9.26. The van der Waals surface area contributed by atoms with Crippen molar-refractivity contribution in [3.05, 3.63) is 41.6 Å². The highest BCUT2D eigenvalue weighted by atomic mass is 35.5. The molecule has 0 saturated heterocycles. The van der Waals surface area contributed by atoms with Crippen LogP contribution < -0.4 is 0 Å². The second-order valence-corrected chi connectivity index (χ2v) is 3.35. The first-order valence-corrected chi connectivity index (χ1v) is 4.76. The molecule has 0 aliphatic carbocycles. The molecule has 0 fully saturated rings. The number of hydrogen-bond acceptors (Lipinski definition) is 1. The summed E-state index contributed by atoms with van der Waals surface area (Å²) in [5.74, 6) is 0.478. The van der Waals surface area contributed by atoms with Gasteiger partial charge in [-0.15, -0.1) is 11.6 Å². The second-order valence-electron chi connectivity index (χ2n) is 3.08. The molecule has 0 unspecified atom stereocenters. The molecule has 2 heteroatoms.